The average Bonchev–Trinajstić information content (AvgIpc) is 3.72. The topological polar surface area (TPSA) is 93.2 Å². The minimum atomic E-state index is -6.91. The van der Waals surface area contributed by atoms with Gasteiger partial charge in [-0.25, -0.2) is 18.6 Å². The number of aromatic nitrogens is 3. The Bertz CT molecular complexity index is 2480. The van der Waals surface area contributed by atoms with Crippen LogP contribution in [-0.2, 0) is 15.9 Å². The molecule has 3 atom stereocenters. The van der Waals surface area contributed by atoms with Crippen LogP contribution in [-0.4, -0.2) is 118 Å². The molecule has 0 spiro atoms. The van der Waals surface area contributed by atoms with Gasteiger partial charge in [0.15, 0.2) is 5.82 Å². The largest absolute Gasteiger partial charge is 0.461 e. The fourth-order valence-electron chi connectivity index (χ4n) is 9.38. The lowest BCUT2D eigenvalue weighted by Crippen LogP contribution is -2.68. The fourth-order valence-corrected chi connectivity index (χ4v) is 9.38. The maximum atomic E-state index is 17.3. The molecule has 8 rings (SSSR count). The van der Waals surface area contributed by atoms with Gasteiger partial charge < -0.3 is 24.0 Å². The lowest BCUT2D eigenvalue weighted by molar-refractivity contribution is -0.463. The van der Waals surface area contributed by atoms with E-state index in [9.17, 15) is 44.3 Å². The van der Waals surface area contributed by atoms with Gasteiger partial charge in [-0.05, 0) is 70.9 Å². The van der Waals surface area contributed by atoms with E-state index in [1.807, 2.05) is 18.7 Å². The van der Waals surface area contributed by atoms with Gasteiger partial charge in [-0.2, -0.15) is 49.5 Å². The molecule has 65 heavy (non-hydrogen) atoms. The molecule has 0 saturated carbocycles. The molecule has 0 N–H and O–H groups in total. The number of nitrogens with zero attached hydrogens (tertiary/aromatic N) is 6. The fraction of sp³-hybridized carbons (Fsp3) is 0.545. The first-order valence-electron chi connectivity index (χ1n) is 21.0. The number of aryl methyl sites for hydroxylation is 1. The van der Waals surface area contributed by atoms with Crippen molar-refractivity contribution in [2.75, 3.05) is 44.2 Å². The third-order valence-corrected chi connectivity index (χ3v) is 12.1. The molecule has 0 radical (unpaired) electrons. The molecular formula is C44H45F11N6O4. The summed E-state index contributed by atoms with van der Waals surface area (Å²) in [6, 6.07) is 6.54. The second-order valence-electron chi connectivity index (χ2n) is 17.2. The summed E-state index contributed by atoms with van der Waals surface area (Å²) in [7, 11) is 0. The maximum absolute atomic E-state index is 17.3. The Balaban J connectivity index is 0.00000311. The Morgan fingerprint density at radius 1 is 0.892 bits per heavy atom. The van der Waals surface area contributed by atoms with Crippen molar-refractivity contribution in [2.24, 2.45) is 0 Å². The molecule has 3 saturated heterocycles. The number of piperazine rings is 1. The standard InChI is InChI=1S/C42H39F11N6O4.C2H6/c1-5-25-27(43)12-10-22-8-6-9-26(29(22)25)32-31(44)33-30-28(54-32)13-11-23-19-57(36(60)63-37(2,3)4)16-17-59(23)34(30)56-35(55-33)61-21-38-14-7-15-58(38)20-24(18-38)62-39(40(45,46)47,41(48,49)50)42(51,52)53;1-2/h1,6,8-10,12,23-24H,7,11,13-21H2,2-4H3;1-2H3/t23?,24-,38?;/m1./s1. The Morgan fingerprint density at radius 2 is 1.58 bits per heavy atom. The number of carbonyl (C=O) groups excluding carboxylic acids is 1. The minimum absolute atomic E-state index is 0.0841. The Kier molecular flexibility index (Phi) is 12.4. The highest BCUT2D eigenvalue weighted by molar-refractivity contribution is 6.03. The van der Waals surface area contributed by atoms with E-state index >= 15 is 8.78 Å². The molecule has 10 nitrogen and oxygen atoms in total. The Hall–Kier alpha value is -5.23. The number of alkyl halides is 9. The first-order valence-corrected chi connectivity index (χ1v) is 21.0. The maximum Gasteiger partial charge on any atom is 0.435 e. The molecule has 6 heterocycles. The molecule has 4 aromatic rings. The van der Waals surface area contributed by atoms with Crippen molar-refractivity contribution in [2.45, 2.75) is 114 Å². The number of fused-ring (bicyclic) bond motifs is 4. The third-order valence-electron chi connectivity index (χ3n) is 12.1. The molecule has 2 aromatic heterocycles. The number of rotatable bonds is 6. The number of pyridine rings is 1. The molecule has 0 aliphatic carbocycles. The van der Waals surface area contributed by atoms with Gasteiger partial charge in [-0.3, -0.25) is 4.90 Å². The zero-order valence-electron chi connectivity index (χ0n) is 35.9. The number of hydrogen-bond acceptors (Lipinski definition) is 9. The number of anilines is 1. The Morgan fingerprint density at radius 3 is 2.23 bits per heavy atom. The molecule has 2 aromatic carbocycles. The second-order valence-corrected chi connectivity index (χ2v) is 17.2. The molecule has 21 heteroatoms. The van der Waals surface area contributed by atoms with Crippen LogP contribution in [0.5, 0.6) is 6.01 Å². The number of terminal acetylenes is 1. The van der Waals surface area contributed by atoms with E-state index in [1.165, 1.54) is 28.0 Å². The smallest absolute Gasteiger partial charge is 0.435 e. The van der Waals surface area contributed by atoms with Crippen molar-refractivity contribution < 1.29 is 67.3 Å². The van der Waals surface area contributed by atoms with E-state index in [4.69, 9.17) is 20.9 Å². The van der Waals surface area contributed by atoms with Crippen molar-refractivity contribution >= 4 is 33.6 Å². The van der Waals surface area contributed by atoms with Gasteiger partial charge in [-0.1, -0.05) is 44.0 Å². The zero-order chi connectivity index (χ0) is 47.7. The normalized spacial score (nSPS) is 21.6. The highest BCUT2D eigenvalue weighted by Gasteiger charge is 2.86. The van der Waals surface area contributed by atoms with Gasteiger partial charge in [0.25, 0.3) is 0 Å². The second kappa shape index (κ2) is 16.9. The van der Waals surface area contributed by atoms with Crippen molar-refractivity contribution in [1.29, 1.82) is 0 Å². The minimum Gasteiger partial charge on any atom is -0.461 e. The summed E-state index contributed by atoms with van der Waals surface area (Å²) in [4.78, 5) is 31.8. The predicted molar refractivity (Wildman–Crippen MR) is 216 cm³/mol. The van der Waals surface area contributed by atoms with Gasteiger partial charge >= 0.3 is 36.2 Å². The average molecular weight is 931 g/mol. The first kappa shape index (κ1) is 47.7. The van der Waals surface area contributed by atoms with Crippen molar-refractivity contribution in [3.8, 4) is 29.6 Å². The number of hydrogen-bond donors (Lipinski definition) is 0. The van der Waals surface area contributed by atoms with Gasteiger partial charge in [0.1, 0.15) is 35.1 Å². The quantitative estimate of drug-likeness (QED) is 0.138. The summed E-state index contributed by atoms with van der Waals surface area (Å²) < 4.78 is 173. The van der Waals surface area contributed by atoms with Gasteiger partial charge in [0.05, 0.1) is 28.3 Å². The lowest BCUT2D eigenvalue weighted by Gasteiger charge is -2.41. The Labute approximate surface area is 366 Å². The van der Waals surface area contributed by atoms with Crippen LogP contribution < -0.4 is 9.64 Å². The summed E-state index contributed by atoms with van der Waals surface area (Å²) in [6.07, 6.45) is -17.4. The zero-order valence-corrected chi connectivity index (χ0v) is 35.9. The van der Waals surface area contributed by atoms with Crippen LogP contribution in [0.1, 0.15) is 71.6 Å². The van der Waals surface area contributed by atoms with Crippen LogP contribution in [0, 0.1) is 24.0 Å². The van der Waals surface area contributed by atoms with E-state index < -0.39 is 90.7 Å². The van der Waals surface area contributed by atoms with Gasteiger partial charge in [0.2, 0.25) is 0 Å². The summed E-state index contributed by atoms with van der Waals surface area (Å²) >= 11 is 0. The van der Waals surface area contributed by atoms with Crippen LogP contribution in [0.2, 0.25) is 0 Å². The van der Waals surface area contributed by atoms with E-state index in [2.05, 4.69) is 20.6 Å². The molecule has 352 valence electrons. The van der Waals surface area contributed by atoms with Crippen LogP contribution in [0.4, 0.5) is 58.9 Å². The van der Waals surface area contributed by atoms with Gasteiger partial charge in [-0.15, -0.1) is 6.42 Å². The van der Waals surface area contributed by atoms with E-state index in [0.29, 0.717) is 23.9 Å². The lowest BCUT2D eigenvalue weighted by atomic mass is 9.93. The molecule has 2 unspecified atom stereocenters. The molecule has 4 aliphatic rings. The highest BCUT2D eigenvalue weighted by atomic mass is 19.4. The molecule has 1 amide bonds. The number of ether oxygens (including phenoxy) is 3. The summed E-state index contributed by atoms with van der Waals surface area (Å²) in [5.41, 5.74) is -8.85. The SMILES string of the molecule is C#Cc1c(F)ccc2cccc(-c3nc4c5c(nc(OCC67CCCN6C[C@H](OC(C(F)(F)F)(C(F)(F)F)C(F)(F)F)C7)nc5c3F)N3CCN(C(=O)OC(C)(C)C)CC3CC4)c12.CC. The molecule has 3 fully saturated rings. The van der Waals surface area contributed by atoms with Gasteiger partial charge in [0, 0.05) is 43.2 Å². The summed E-state index contributed by atoms with van der Waals surface area (Å²) in [5, 5.41) is 0.878. The highest BCUT2D eigenvalue weighted by Crippen LogP contribution is 2.57. The molecule has 0 bridgehead atoms. The monoisotopic (exact) mass is 930 g/mol. The number of carbonyl (C=O) groups is 1. The number of amides is 1. The van der Waals surface area contributed by atoms with Crippen LogP contribution >= 0.6 is 0 Å². The predicted octanol–water partition coefficient (Wildman–Crippen LogP) is 9.93. The van der Waals surface area contributed by atoms with E-state index in [-0.39, 0.29) is 77.9 Å². The van der Waals surface area contributed by atoms with Crippen molar-refractivity contribution in [1.82, 2.24) is 24.8 Å². The van der Waals surface area contributed by atoms with Crippen molar-refractivity contribution in [3.63, 3.8) is 0 Å². The van der Waals surface area contributed by atoms with Crippen LogP contribution in [0.15, 0.2) is 30.3 Å². The number of halogens is 11. The molecule has 4 aliphatic heterocycles. The van der Waals surface area contributed by atoms with Crippen LogP contribution in [0.25, 0.3) is 32.9 Å². The summed E-state index contributed by atoms with van der Waals surface area (Å²) in [5.74, 6) is 0.774. The number of benzene rings is 2. The first-order chi connectivity index (χ1) is 30.4. The third kappa shape index (κ3) is 8.33. The van der Waals surface area contributed by atoms with E-state index in [0.717, 1.165) is 0 Å². The van der Waals surface area contributed by atoms with E-state index in [1.54, 1.807) is 32.9 Å². The van der Waals surface area contributed by atoms with Crippen LogP contribution in [0.3, 0.4) is 0 Å². The molecular weight excluding hydrogens is 885 g/mol. The van der Waals surface area contributed by atoms with Crippen molar-refractivity contribution in [3.05, 3.63) is 53.2 Å². The summed E-state index contributed by atoms with van der Waals surface area (Å²) in [6.45, 7) is 8.49.